The fourth-order valence-corrected chi connectivity index (χ4v) is 3.35. The van der Waals surface area contributed by atoms with Crippen molar-refractivity contribution in [3.63, 3.8) is 0 Å². The number of hydrogen-bond acceptors (Lipinski definition) is 4. The Balaban J connectivity index is 1.50. The summed E-state index contributed by atoms with van der Waals surface area (Å²) in [6.45, 7) is 3.85. The zero-order valence-corrected chi connectivity index (χ0v) is 19.6. The van der Waals surface area contributed by atoms with E-state index in [0.29, 0.717) is 16.3 Å². The van der Waals surface area contributed by atoms with Crippen molar-refractivity contribution in [3.05, 3.63) is 94.5 Å². The predicted octanol–water partition coefficient (Wildman–Crippen LogP) is 6.45. The van der Waals surface area contributed by atoms with Crippen LogP contribution in [0.4, 0.5) is 5.69 Å². The largest absolute Gasteiger partial charge is 0.479 e. The van der Waals surface area contributed by atoms with E-state index in [0.717, 1.165) is 30.5 Å². The number of nitrogens with one attached hydrogen (secondary N) is 1. The number of amides is 1. The van der Waals surface area contributed by atoms with E-state index in [1.54, 1.807) is 43.3 Å². The van der Waals surface area contributed by atoms with Gasteiger partial charge in [-0.05, 0) is 67.8 Å². The maximum atomic E-state index is 12.5. The van der Waals surface area contributed by atoms with Crippen LogP contribution in [0.25, 0.3) is 0 Å². The van der Waals surface area contributed by atoms with Crippen molar-refractivity contribution in [2.45, 2.75) is 45.8 Å². The van der Waals surface area contributed by atoms with Crippen LogP contribution in [0.3, 0.4) is 0 Å². The lowest BCUT2D eigenvalue weighted by atomic mass is 10.1. The fourth-order valence-electron chi connectivity index (χ4n) is 3.16. The van der Waals surface area contributed by atoms with Crippen LogP contribution in [-0.2, 0) is 22.6 Å². The molecule has 3 rings (SSSR count). The summed E-state index contributed by atoms with van der Waals surface area (Å²) < 4.78 is 10.9. The Labute approximate surface area is 199 Å². The molecule has 0 spiro atoms. The van der Waals surface area contributed by atoms with Crippen LogP contribution in [0, 0.1) is 0 Å². The van der Waals surface area contributed by atoms with Gasteiger partial charge in [-0.2, -0.15) is 0 Å². The number of benzene rings is 3. The first kappa shape index (κ1) is 24.3. The van der Waals surface area contributed by atoms with Crippen LogP contribution in [0.5, 0.6) is 5.75 Å². The molecule has 3 aromatic rings. The fraction of sp³-hybridized carbons (Fsp3) is 0.259. The predicted molar refractivity (Wildman–Crippen MR) is 131 cm³/mol. The number of halogens is 1. The molecule has 1 unspecified atom stereocenters. The summed E-state index contributed by atoms with van der Waals surface area (Å²) in [6, 6.07) is 21.7. The van der Waals surface area contributed by atoms with Crippen LogP contribution in [-0.4, -0.2) is 18.0 Å². The Morgan fingerprint density at radius 2 is 1.67 bits per heavy atom. The van der Waals surface area contributed by atoms with Gasteiger partial charge >= 0.3 is 5.97 Å². The molecule has 0 aliphatic heterocycles. The molecule has 0 saturated heterocycles. The van der Waals surface area contributed by atoms with Gasteiger partial charge in [-0.3, -0.25) is 4.79 Å². The molecule has 1 atom stereocenters. The van der Waals surface area contributed by atoms with Crippen molar-refractivity contribution >= 4 is 29.2 Å². The van der Waals surface area contributed by atoms with E-state index in [-0.39, 0.29) is 12.5 Å². The van der Waals surface area contributed by atoms with Crippen LogP contribution in [0.15, 0.2) is 72.8 Å². The highest BCUT2D eigenvalue weighted by atomic mass is 35.5. The molecule has 0 fully saturated rings. The third kappa shape index (κ3) is 7.36. The van der Waals surface area contributed by atoms with Gasteiger partial charge in [0.25, 0.3) is 5.91 Å². The average molecular weight is 466 g/mol. The van der Waals surface area contributed by atoms with E-state index >= 15 is 0 Å². The van der Waals surface area contributed by atoms with E-state index in [2.05, 4.69) is 12.2 Å². The van der Waals surface area contributed by atoms with Gasteiger partial charge in [0.05, 0.1) is 0 Å². The van der Waals surface area contributed by atoms with Crippen molar-refractivity contribution in [1.82, 2.24) is 0 Å². The summed E-state index contributed by atoms with van der Waals surface area (Å²) in [5.41, 5.74) is 3.23. The Morgan fingerprint density at radius 3 is 2.33 bits per heavy atom. The summed E-state index contributed by atoms with van der Waals surface area (Å²) in [4.78, 5) is 24.8. The second-order valence-corrected chi connectivity index (χ2v) is 8.15. The summed E-state index contributed by atoms with van der Waals surface area (Å²) in [5.74, 6) is -0.247. The van der Waals surface area contributed by atoms with E-state index in [4.69, 9.17) is 21.1 Å². The van der Waals surface area contributed by atoms with Gasteiger partial charge in [0.1, 0.15) is 12.4 Å². The lowest BCUT2D eigenvalue weighted by molar-refractivity contribution is -0.152. The lowest BCUT2D eigenvalue weighted by Gasteiger charge is -2.15. The molecule has 0 aliphatic carbocycles. The number of anilines is 1. The normalized spacial score (nSPS) is 11.5. The highest BCUT2D eigenvalue weighted by Gasteiger charge is 2.17. The highest BCUT2D eigenvalue weighted by Crippen LogP contribution is 2.19. The van der Waals surface area contributed by atoms with Gasteiger partial charge in [0, 0.05) is 21.8 Å². The summed E-state index contributed by atoms with van der Waals surface area (Å²) in [5, 5.41) is 3.43. The van der Waals surface area contributed by atoms with Crippen LogP contribution in [0.1, 0.15) is 48.2 Å². The number of unbranched alkanes of at least 4 members (excludes halogenated alkanes) is 1. The first-order valence-corrected chi connectivity index (χ1v) is 11.4. The molecule has 1 amide bonds. The van der Waals surface area contributed by atoms with Gasteiger partial charge in [0.15, 0.2) is 6.10 Å². The molecule has 0 heterocycles. The van der Waals surface area contributed by atoms with Crippen molar-refractivity contribution in [3.8, 4) is 5.75 Å². The molecule has 0 aliphatic rings. The molecule has 0 aromatic heterocycles. The summed E-state index contributed by atoms with van der Waals surface area (Å²) >= 11 is 6.08. The number of hydrogen-bond donors (Lipinski definition) is 1. The van der Waals surface area contributed by atoms with Gasteiger partial charge in [-0.1, -0.05) is 55.3 Å². The molecule has 3 aromatic carbocycles. The molecule has 0 saturated carbocycles. The van der Waals surface area contributed by atoms with Crippen molar-refractivity contribution < 1.29 is 19.1 Å². The van der Waals surface area contributed by atoms with E-state index < -0.39 is 12.1 Å². The minimum absolute atomic E-state index is 0.0743. The standard InChI is InChI=1S/C27H28ClNO4/c1-3-4-7-20-10-14-23(15-11-20)29-26(30)21-12-16-24(17-13-21)33-19(2)27(31)32-18-22-8-5-6-9-25(22)28/h5-6,8-17,19H,3-4,7,18H2,1-2H3,(H,29,30). The molecule has 6 heteroatoms. The van der Waals surface area contributed by atoms with Gasteiger partial charge < -0.3 is 14.8 Å². The number of rotatable bonds is 10. The maximum Gasteiger partial charge on any atom is 0.347 e. The van der Waals surface area contributed by atoms with E-state index in [1.165, 1.54) is 5.56 Å². The van der Waals surface area contributed by atoms with E-state index in [9.17, 15) is 9.59 Å². The van der Waals surface area contributed by atoms with Crippen molar-refractivity contribution in [2.75, 3.05) is 5.32 Å². The molecular weight excluding hydrogens is 438 g/mol. The van der Waals surface area contributed by atoms with Crippen molar-refractivity contribution in [2.24, 2.45) is 0 Å². The monoisotopic (exact) mass is 465 g/mol. The first-order chi connectivity index (χ1) is 16.0. The molecule has 33 heavy (non-hydrogen) atoms. The number of ether oxygens (including phenoxy) is 2. The molecule has 1 N–H and O–H groups in total. The number of carbonyl (C=O) groups is 2. The smallest absolute Gasteiger partial charge is 0.347 e. The van der Waals surface area contributed by atoms with Gasteiger partial charge in [-0.15, -0.1) is 0 Å². The molecule has 172 valence electrons. The lowest BCUT2D eigenvalue weighted by Crippen LogP contribution is -2.26. The first-order valence-electron chi connectivity index (χ1n) is 11.0. The molecule has 0 bridgehead atoms. The zero-order valence-electron chi connectivity index (χ0n) is 18.8. The third-order valence-corrected chi connectivity index (χ3v) is 5.49. The highest BCUT2D eigenvalue weighted by molar-refractivity contribution is 6.31. The van der Waals surface area contributed by atoms with Crippen LogP contribution < -0.4 is 10.1 Å². The zero-order chi connectivity index (χ0) is 23.6. The van der Waals surface area contributed by atoms with Crippen molar-refractivity contribution in [1.29, 1.82) is 0 Å². The second-order valence-electron chi connectivity index (χ2n) is 7.74. The minimum Gasteiger partial charge on any atom is -0.479 e. The Bertz CT molecular complexity index is 1060. The molecular formula is C27H28ClNO4. The quantitative estimate of drug-likeness (QED) is 0.349. The van der Waals surface area contributed by atoms with E-state index in [1.807, 2.05) is 36.4 Å². The number of carbonyl (C=O) groups excluding carboxylic acids is 2. The van der Waals surface area contributed by atoms with Gasteiger partial charge in [-0.25, -0.2) is 4.79 Å². The average Bonchev–Trinajstić information content (AvgIpc) is 2.83. The minimum atomic E-state index is -0.807. The Hall–Kier alpha value is -3.31. The van der Waals surface area contributed by atoms with Gasteiger partial charge in [0.2, 0.25) is 0 Å². The topological polar surface area (TPSA) is 64.6 Å². The summed E-state index contributed by atoms with van der Waals surface area (Å²) in [6.07, 6.45) is 2.54. The number of esters is 1. The summed E-state index contributed by atoms with van der Waals surface area (Å²) in [7, 11) is 0. The number of aryl methyl sites for hydroxylation is 1. The van der Waals surface area contributed by atoms with Crippen LogP contribution >= 0.6 is 11.6 Å². The second kappa shape index (κ2) is 12.1. The van der Waals surface area contributed by atoms with Crippen LogP contribution in [0.2, 0.25) is 5.02 Å². The Morgan fingerprint density at radius 1 is 0.970 bits per heavy atom. The molecule has 5 nitrogen and oxygen atoms in total. The molecule has 0 radical (unpaired) electrons. The third-order valence-electron chi connectivity index (χ3n) is 5.12. The SMILES string of the molecule is CCCCc1ccc(NC(=O)c2ccc(OC(C)C(=O)OCc3ccccc3Cl)cc2)cc1. The Kier molecular flexibility index (Phi) is 8.90. The maximum absolute atomic E-state index is 12.5.